The molecule has 192 valence electrons. The summed E-state index contributed by atoms with van der Waals surface area (Å²) in [6, 6.07) is 23.4. The first kappa shape index (κ1) is 24.4. The third kappa shape index (κ3) is 4.64. The van der Waals surface area contributed by atoms with Gasteiger partial charge in [-0.15, -0.1) is 0 Å². The largest absolute Gasteiger partial charge is 0.398 e. The molecule has 3 aromatic carbocycles. The first-order valence-electron chi connectivity index (χ1n) is 12.2. The van der Waals surface area contributed by atoms with Gasteiger partial charge in [-0.05, 0) is 85.0 Å². The number of nitrogens with zero attached hydrogens (tertiary/aromatic N) is 3. The summed E-state index contributed by atoms with van der Waals surface area (Å²) in [5.74, 6) is -0.450. The third-order valence-electron chi connectivity index (χ3n) is 6.62. The first-order valence-corrected chi connectivity index (χ1v) is 13.0. The van der Waals surface area contributed by atoms with Crippen LogP contribution in [0.5, 0.6) is 0 Å². The molecule has 4 N–H and O–H groups in total. The lowest BCUT2D eigenvalue weighted by Gasteiger charge is -2.15. The molecule has 1 amide bonds. The maximum absolute atomic E-state index is 13.9. The second-order valence-corrected chi connectivity index (χ2v) is 10.0. The summed E-state index contributed by atoms with van der Waals surface area (Å²) in [5, 5.41) is 6.73. The van der Waals surface area contributed by atoms with Gasteiger partial charge in [0, 0.05) is 22.3 Å². The molecule has 0 unspecified atom stereocenters. The highest BCUT2D eigenvalue weighted by atomic mass is 32.1. The summed E-state index contributed by atoms with van der Waals surface area (Å²) in [7, 11) is 0. The first-order chi connectivity index (χ1) is 18.9. The van der Waals surface area contributed by atoms with Gasteiger partial charge in [-0.2, -0.15) is 4.37 Å². The van der Waals surface area contributed by atoms with E-state index in [1.54, 1.807) is 12.1 Å². The Morgan fingerprint density at radius 2 is 1.74 bits per heavy atom. The maximum atomic E-state index is 13.9. The fraction of sp³-hybridized carbons (Fsp3) is 0.0667. The summed E-state index contributed by atoms with van der Waals surface area (Å²) < 4.78 is 19.0. The smallest absolute Gasteiger partial charge is 0.276 e. The zero-order valence-electron chi connectivity index (χ0n) is 21.1. The highest BCUT2D eigenvalue weighted by Crippen LogP contribution is 2.32. The fourth-order valence-electron chi connectivity index (χ4n) is 4.42. The molecule has 7 nitrogen and oxygen atoms in total. The summed E-state index contributed by atoms with van der Waals surface area (Å²) in [6.07, 6.45) is 0. The topological polar surface area (TPSA) is 106 Å². The lowest BCUT2D eigenvalue weighted by atomic mass is 10.0. The van der Waals surface area contributed by atoms with Crippen molar-refractivity contribution >= 4 is 61.4 Å². The van der Waals surface area contributed by atoms with Crippen LogP contribution < -0.4 is 16.4 Å². The average Bonchev–Trinajstić information content (AvgIpc) is 3.35. The zero-order valence-corrected chi connectivity index (χ0v) is 21.9. The number of hydrogen-bond donors (Lipinski definition) is 3. The molecule has 0 aliphatic carbocycles. The van der Waals surface area contributed by atoms with E-state index in [0.29, 0.717) is 33.6 Å². The Morgan fingerprint density at radius 1 is 0.897 bits per heavy atom. The van der Waals surface area contributed by atoms with Crippen LogP contribution in [-0.4, -0.2) is 20.2 Å². The quantitative estimate of drug-likeness (QED) is 0.201. The summed E-state index contributed by atoms with van der Waals surface area (Å²) in [5.41, 5.74) is 13.1. The minimum absolute atomic E-state index is 0.147. The molecule has 0 spiro atoms. The van der Waals surface area contributed by atoms with Crippen molar-refractivity contribution < 1.29 is 9.18 Å². The van der Waals surface area contributed by atoms with Crippen LogP contribution in [-0.2, 0) is 0 Å². The Kier molecular flexibility index (Phi) is 6.12. The lowest BCUT2D eigenvalue weighted by molar-refractivity contribution is 0.102. The number of halogens is 1. The van der Waals surface area contributed by atoms with E-state index in [0.717, 1.165) is 44.3 Å². The fourth-order valence-corrected chi connectivity index (χ4v) is 5.18. The number of para-hydroxylation sites is 1. The normalized spacial score (nSPS) is 11.2. The van der Waals surface area contributed by atoms with E-state index in [1.165, 1.54) is 12.1 Å². The number of carbonyl (C=O) groups is 1. The molecule has 6 aromatic rings. The molecule has 0 saturated heterocycles. The zero-order chi connectivity index (χ0) is 27.1. The van der Waals surface area contributed by atoms with Crippen molar-refractivity contribution in [2.24, 2.45) is 0 Å². The van der Waals surface area contributed by atoms with Gasteiger partial charge >= 0.3 is 0 Å². The molecule has 0 radical (unpaired) electrons. The van der Waals surface area contributed by atoms with Crippen molar-refractivity contribution in [2.75, 3.05) is 16.4 Å². The summed E-state index contributed by atoms with van der Waals surface area (Å²) >= 11 is 1.14. The number of nitrogens with one attached hydrogen (secondary N) is 2. The minimum Gasteiger partial charge on any atom is -0.398 e. The van der Waals surface area contributed by atoms with Gasteiger partial charge in [0.2, 0.25) is 0 Å². The van der Waals surface area contributed by atoms with Gasteiger partial charge in [0.15, 0.2) is 5.82 Å². The number of nitrogens with two attached hydrogens (primary N) is 1. The van der Waals surface area contributed by atoms with Crippen LogP contribution in [0.15, 0.2) is 78.9 Å². The van der Waals surface area contributed by atoms with Crippen LogP contribution in [0.4, 0.5) is 27.3 Å². The number of benzene rings is 3. The standard InChI is InChI=1S/C30H23FN6OS/c1-16-6-3-4-9-22(16)34-29-26(36-30(38)28-20-14-18(31)10-13-27(20)39-37-28)15-25-24(35-29)12-11-23(33-25)19-7-5-8-21(32)17(19)2/h3-15H,32H2,1-2H3,(H,34,35)(H,36,38). The molecule has 0 saturated carbocycles. The van der Waals surface area contributed by atoms with E-state index in [9.17, 15) is 9.18 Å². The van der Waals surface area contributed by atoms with E-state index in [1.807, 2.05) is 68.4 Å². The van der Waals surface area contributed by atoms with Crippen LogP contribution in [0.1, 0.15) is 21.6 Å². The van der Waals surface area contributed by atoms with Crippen LogP contribution in [0.3, 0.4) is 0 Å². The second-order valence-electron chi connectivity index (χ2n) is 9.20. The molecule has 0 bridgehead atoms. The van der Waals surface area contributed by atoms with Crippen molar-refractivity contribution in [3.63, 3.8) is 0 Å². The van der Waals surface area contributed by atoms with Crippen molar-refractivity contribution in [3.05, 3.63) is 102 Å². The maximum Gasteiger partial charge on any atom is 0.276 e. The number of aryl methyl sites for hydroxylation is 1. The predicted octanol–water partition coefficient (Wildman–Crippen LogP) is 7.24. The second kappa shape index (κ2) is 9.77. The summed E-state index contributed by atoms with van der Waals surface area (Å²) in [4.78, 5) is 23.1. The number of fused-ring (bicyclic) bond motifs is 2. The van der Waals surface area contributed by atoms with E-state index >= 15 is 0 Å². The van der Waals surface area contributed by atoms with E-state index in [2.05, 4.69) is 15.0 Å². The molecular weight excluding hydrogens is 511 g/mol. The number of hydrogen-bond acceptors (Lipinski definition) is 7. The molecule has 0 aliphatic rings. The van der Waals surface area contributed by atoms with Gasteiger partial charge in [0.1, 0.15) is 11.5 Å². The van der Waals surface area contributed by atoms with Crippen molar-refractivity contribution in [1.29, 1.82) is 0 Å². The molecule has 39 heavy (non-hydrogen) atoms. The highest BCUT2D eigenvalue weighted by Gasteiger charge is 2.19. The number of nitrogen functional groups attached to an aromatic ring is 1. The minimum atomic E-state index is -0.469. The molecule has 6 rings (SSSR count). The van der Waals surface area contributed by atoms with Gasteiger partial charge in [0.25, 0.3) is 5.91 Å². The Balaban J connectivity index is 1.46. The molecule has 3 heterocycles. The number of carbonyl (C=O) groups excluding carboxylic acids is 1. The third-order valence-corrected chi connectivity index (χ3v) is 7.44. The Labute approximate surface area is 227 Å². The number of rotatable bonds is 5. The van der Waals surface area contributed by atoms with Gasteiger partial charge < -0.3 is 16.4 Å². The Morgan fingerprint density at radius 3 is 2.59 bits per heavy atom. The number of anilines is 4. The van der Waals surface area contributed by atoms with Gasteiger partial charge in [-0.3, -0.25) is 4.79 Å². The SMILES string of the molecule is Cc1ccccc1Nc1nc2ccc(-c3cccc(N)c3C)nc2cc1NC(=O)c1nsc2ccc(F)cc12. The van der Waals surface area contributed by atoms with E-state index in [-0.39, 0.29) is 5.69 Å². The van der Waals surface area contributed by atoms with Crippen molar-refractivity contribution in [1.82, 2.24) is 14.3 Å². The van der Waals surface area contributed by atoms with Crippen LogP contribution in [0.25, 0.3) is 32.4 Å². The van der Waals surface area contributed by atoms with Crippen LogP contribution >= 0.6 is 11.5 Å². The lowest BCUT2D eigenvalue weighted by Crippen LogP contribution is -2.14. The van der Waals surface area contributed by atoms with Crippen molar-refractivity contribution in [2.45, 2.75) is 13.8 Å². The monoisotopic (exact) mass is 534 g/mol. The van der Waals surface area contributed by atoms with Crippen LogP contribution in [0.2, 0.25) is 0 Å². The van der Waals surface area contributed by atoms with Gasteiger partial charge in [0.05, 0.1) is 27.1 Å². The van der Waals surface area contributed by atoms with Gasteiger partial charge in [-0.25, -0.2) is 14.4 Å². The molecule has 9 heteroatoms. The molecule has 0 fully saturated rings. The number of amides is 1. The average molecular weight is 535 g/mol. The molecule has 0 aliphatic heterocycles. The molecule has 3 aromatic heterocycles. The number of aromatic nitrogens is 3. The summed E-state index contributed by atoms with van der Waals surface area (Å²) in [6.45, 7) is 3.94. The van der Waals surface area contributed by atoms with E-state index in [4.69, 9.17) is 15.7 Å². The van der Waals surface area contributed by atoms with Crippen molar-refractivity contribution in [3.8, 4) is 11.3 Å². The molecular formula is C30H23FN6OS. The Hall–Kier alpha value is -4.89. The highest BCUT2D eigenvalue weighted by molar-refractivity contribution is 7.13. The van der Waals surface area contributed by atoms with Gasteiger partial charge in [-0.1, -0.05) is 30.3 Å². The predicted molar refractivity (Wildman–Crippen MR) is 156 cm³/mol. The van der Waals surface area contributed by atoms with Crippen LogP contribution in [0, 0.1) is 19.7 Å². The number of pyridine rings is 2. The van der Waals surface area contributed by atoms with E-state index < -0.39 is 11.7 Å². The molecule has 0 atom stereocenters. The Bertz CT molecular complexity index is 1900.